The van der Waals surface area contributed by atoms with Crippen LogP contribution < -0.4 is 9.47 Å². The van der Waals surface area contributed by atoms with Crippen molar-refractivity contribution in [1.82, 2.24) is 9.55 Å². The maximum absolute atomic E-state index is 6.15. The fraction of sp³-hybridized carbons (Fsp3) is 0.269. The third-order valence-electron chi connectivity index (χ3n) is 5.24. The number of aromatic nitrogens is 2. The summed E-state index contributed by atoms with van der Waals surface area (Å²) in [4.78, 5) is 4.86. The molecule has 0 spiro atoms. The van der Waals surface area contributed by atoms with Crippen molar-refractivity contribution in [3.05, 3.63) is 89.2 Å². The smallest absolute Gasteiger partial charge is 0.153 e. The zero-order chi connectivity index (χ0) is 21.6. The Labute approximate surface area is 188 Å². The Morgan fingerprint density at radius 2 is 1.61 bits per heavy atom. The minimum absolute atomic E-state index is 0.183. The van der Waals surface area contributed by atoms with Crippen molar-refractivity contribution in [2.24, 2.45) is 0 Å². The van der Waals surface area contributed by atoms with E-state index in [1.807, 2.05) is 55.5 Å². The Kier molecular flexibility index (Phi) is 6.78. The topological polar surface area (TPSA) is 36.3 Å². The molecule has 1 atom stereocenters. The lowest BCUT2D eigenvalue weighted by Gasteiger charge is -2.17. The van der Waals surface area contributed by atoms with Gasteiger partial charge in [-0.05, 0) is 75.2 Å². The summed E-state index contributed by atoms with van der Waals surface area (Å²) in [5.41, 5.74) is 3.35. The SMILES string of the molecule is Cc1ccc(OCCCCn2c(C(C)Oc3ccc(Cl)cc3)nc3ccccc32)cc1. The van der Waals surface area contributed by atoms with Gasteiger partial charge >= 0.3 is 0 Å². The van der Waals surface area contributed by atoms with Crippen molar-refractivity contribution < 1.29 is 9.47 Å². The summed E-state index contributed by atoms with van der Waals surface area (Å²) >= 11 is 5.99. The van der Waals surface area contributed by atoms with E-state index in [2.05, 4.69) is 35.8 Å². The van der Waals surface area contributed by atoms with Gasteiger partial charge in [0.1, 0.15) is 11.5 Å². The van der Waals surface area contributed by atoms with Gasteiger partial charge in [0.15, 0.2) is 11.9 Å². The van der Waals surface area contributed by atoms with E-state index in [-0.39, 0.29) is 6.10 Å². The van der Waals surface area contributed by atoms with E-state index < -0.39 is 0 Å². The van der Waals surface area contributed by atoms with Crippen molar-refractivity contribution >= 4 is 22.6 Å². The van der Waals surface area contributed by atoms with Crippen molar-refractivity contribution in [3.8, 4) is 11.5 Å². The number of unbranched alkanes of at least 4 members (excludes halogenated alkanes) is 1. The Bertz CT molecular complexity index is 1120. The molecule has 5 heteroatoms. The molecule has 0 amide bonds. The number of halogens is 1. The van der Waals surface area contributed by atoms with Crippen LogP contribution in [0.15, 0.2) is 72.8 Å². The van der Waals surface area contributed by atoms with Gasteiger partial charge in [0, 0.05) is 11.6 Å². The third-order valence-corrected chi connectivity index (χ3v) is 5.49. The van der Waals surface area contributed by atoms with Gasteiger partial charge in [-0.25, -0.2) is 4.98 Å². The van der Waals surface area contributed by atoms with Crippen LogP contribution in [0.4, 0.5) is 0 Å². The number of imidazole rings is 1. The molecule has 4 aromatic rings. The van der Waals surface area contributed by atoms with Gasteiger partial charge in [-0.15, -0.1) is 0 Å². The lowest BCUT2D eigenvalue weighted by molar-refractivity contribution is 0.211. The number of para-hydroxylation sites is 2. The Hall–Kier alpha value is -2.98. The first-order valence-corrected chi connectivity index (χ1v) is 11.0. The molecule has 0 radical (unpaired) electrons. The number of nitrogens with zero attached hydrogens (tertiary/aromatic N) is 2. The Balaban J connectivity index is 1.42. The number of benzene rings is 3. The highest BCUT2D eigenvalue weighted by molar-refractivity contribution is 6.30. The van der Waals surface area contributed by atoms with E-state index in [1.165, 1.54) is 5.56 Å². The fourth-order valence-corrected chi connectivity index (χ4v) is 3.73. The number of rotatable bonds is 9. The number of hydrogen-bond acceptors (Lipinski definition) is 3. The summed E-state index contributed by atoms with van der Waals surface area (Å²) in [7, 11) is 0. The van der Waals surface area contributed by atoms with Gasteiger partial charge in [0.05, 0.1) is 17.6 Å². The molecular weight excluding hydrogens is 408 g/mol. The molecule has 0 saturated heterocycles. The number of aryl methyl sites for hydroxylation is 2. The highest BCUT2D eigenvalue weighted by atomic mass is 35.5. The van der Waals surface area contributed by atoms with Crippen molar-refractivity contribution in [2.75, 3.05) is 6.61 Å². The monoisotopic (exact) mass is 434 g/mol. The van der Waals surface area contributed by atoms with Crippen molar-refractivity contribution in [3.63, 3.8) is 0 Å². The van der Waals surface area contributed by atoms with E-state index in [9.17, 15) is 0 Å². The number of fused-ring (bicyclic) bond motifs is 1. The Morgan fingerprint density at radius 3 is 2.39 bits per heavy atom. The first-order chi connectivity index (χ1) is 15.1. The normalized spacial score (nSPS) is 12.1. The average Bonchev–Trinajstić information content (AvgIpc) is 3.15. The molecule has 1 heterocycles. The lowest BCUT2D eigenvalue weighted by atomic mass is 10.2. The second kappa shape index (κ2) is 9.88. The minimum atomic E-state index is -0.183. The molecule has 0 aliphatic rings. The molecular formula is C26H27ClN2O2. The second-order valence-corrected chi connectivity index (χ2v) is 8.13. The van der Waals surface area contributed by atoms with E-state index in [0.717, 1.165) is 47.7 Å². The standard InChI is InChI=1S/C26H27ClN2O2/c1-19-9-13-22(14-10-19)30-18-6-5-17-29-25-8-4-3-7-24(25)28-26(29)20(2)31-23-15-11-21(27)12-16-23/h3-4,7-16,20H,5-6,17-18H2,1-2H3. The molecule has 1 unspecified atom stereocenters. The van der Waals surface area contributed by atoms with Gasteiger partial charge in [0.2, 0.25) is 0 Å². The average molecular weight is 435 g/mol. The fourth-order valence-electron chi connectivity index (χ4n) is 3.61. The second-order valence-electron chi connectivity index (χ2n) is 7.69. The van der Waals surface area contributed by atoms with Crippen LogP contribution in [-0.2, 0) is 6.54 Å². The summed E-state index contributed by atoms with van der Waals surface area (Å²) in [6.45, 7) is 5.67. The van der Waals surface area contributed by atoms with Crippen molar-refractivity contribution in [2.45, 2.75) is 39.3 Å². The van der Waals surface area contributed by atoms with E-state index in [4.69, 9.17) is 26.1 Å². The van der Waals surface area contributed by atoms with Gasteiger partial charge in [0.25, 0.3) is 0 Å². The zero-order valence-corrected chi connectivity index (χ0v) is 18.7. The summed E-state index contributed by atoms with van der Waals surface area (Å²) in [5.74, 6) is 2.63. The molecule has 4 nitrogen and oxygen atoms in total. The molecule has 4 rings (SSSR count). The predicted molar refractivity (Wildman–Crippen MR) is 126 cm³/mol. The lowest BCUT2D eigenvalue weighted by Crippen LogP contribution is -2.12. The highest BCUT2D eigenvalue weighted by Gasteiger charge is 2.18. The molecule has 31 heavy (non-hydrogen) atoms. The van der Waals surface area contributed by atoms with Crippen molar-refractivity contribution in [1.29, 1.82) is 0 Å². The molecule has 0 aliphatic carbocycles. The molecule has 1 aromatic heterocycles. The van der Waals surface area contributed by atoms with Gasteiger partial charge in [-0.2, -0.15) is 0 Å². The highest BCUT2D eigenvalue weighted by Crippen LogP contribution is 2.26. The summed E-state index contributed by atoms with van der Waals surface area (Å²) < 4.78 is 14.3. The van der Waals surface area contributed by atoms with Crippen LogP contribution in [-0.4, -0.2) is 16.2 Å². The van der Waals surface area contributed by atoms with E-state index >= 15 is 0 Å². The third kappa shape index (κ3) is 5.39. The maximum Gasteiger partial charge on any atom is 0.153 e. The van der Waals surface area contributed by atoms with Crippen LogP contribution in [0.1, 0.15) is 37.3 Å². The number of hydrogen-bond donors (Lipinski definition) is 0. The zero-order valence-electron chi connectivity index (χ0n) is 17.9. The minimum Gasteiger partial charge on any atom is -0.494 e. The van der Waals surface area contributed by atoms with Gasteiger partial charge in [-0.3, -0.25) is 0 Å². The molecule has 0 N–H and O–H groups in total. The first kappa shape index (κ1) is 21.3. The van der Waals surface area contributed by atoms with Crippen LogP contribution in [0.2, 0.25) is 5.02 Å². The van der Waals surface area contributed by atoms with Gasteiger partial charge < -0.3 is 14.0 Å². The van der Waals surface area contributed by atoms with Crippen LogP contribution in [0.25, 0.3) is 11.0 Å². The molecule has 0 bridgehead atoms. The van der Waals surface area contributed by atoms with Crippen LogP contribution in [0, 0.1) is 6.92 Å². The summed E-state index contributed by atoms with van der Waals surface area (Å²) in [5, 5.41) is 0.695. The molecule has 0 aliphatic heterocycles. The van der Waals surface area contributed by atoms with E-state index in [1.54, 1.807) is 0 Å². The summed E-state index contributed by atoms with van der Waals surface area (Å²) in [6, 6.07) is 23.8. The first-order valence-electron chi connectivity index (χ1n) is 10.7. The largest absolute Gasteiger partial charge is 0.494 e. The molecule has 0 fully saturated rings. The van der Waals surface area contributed by atoms with Gasteiger partial charge in [-0.1, -0.05) is 41.4 Å². The maximum atomic E-state index is 6.15. The van der Waals surface area contributed by atoms with Crippen LogP contribution in [0.3, 0.4) is 0 Å². The number of ether oxygens (including phenoxy) is 2. The summed E-state index contributed by atoms with van der Waals surface area (Å²) in [6.07, 6.45) is 1.77. The van der Waals surface area contributed by atoms with E-state index in [0.29, 0.717) is 11.6 Å². The van der Waals surface area contributed by atoms with Crippen LogP contribution >= 0.6 is 11.6 Å². The van der Waals surface area contributed by atoms with Crippen LogP contribution in [0.5, 0.6) is 11.5 Å². The quantitative estimate of drug-likeness (QED) is 0.266. The molecule has 0 saturated carbocycles. The Morgan fingerprint density at radius 1 is 0.903 bits per heavy atom. The molecule has 160 valence electrons. The predicted octanol–water partition coefficient (Wildman–Crippen LogP) is 7.00. The molecule has 3 aromatic carbocycles.